The molecule has 1 saturated heterocycles. The highest BCUT2D eigenvalue weighted by Gasteiger charge is 2.50. The number of nitrogens with two attached hydrogens (primary N) is 1. The number of ether oxygens (including phenoxy) is 1. The van der Waals surface area contributed by atoms with E-state index in [0.29, 0.717) is 32.3 Å². The van der Waals surface area contributed by atoms with Crippen LogP contribution in [0.4, 0.5) is 0 Å². The number of rotatable bonds is 19. The molecular weight excluding hydrogens is 713 g/mol. The lowest BCUT2D eigenvalue weighted by Crippen LogP contribution is -2.56. The monoisotopic (exact) mass is 772 g/mol. The van der Waals surface area contributed by atoms with Gasteiger partial charge in [-0.05, 0) is 86.0 Å². The Balaban J connectivity index is 1.10. The summed E-state index contributed by atoms with van der Waals surface area (Å²) >= 11 is 1.61. The second-order valence-corrected chi connectivity index (χ2v) is 17.9. The van der Waals surface area contributed by atoms with Gasteiger partial charge in [-0.2, -0.15) is 0 Å². The predicted molar refractivity (Wildman–Crippen MR) is 216 cm³/mol. The van der Waals surface area contributed by atoms with Gasteiger partial charge < -0.3 is 25.8 Å². The Kier molecular flexibility index (Phi) is 14.1. The Morgan fingerprint density at radius 1 is 1.02 bits per heavy atom. The van der Waals surface area contributed by atoms with Gasteiger partial charge in [0.15, 0.2) is 5.78 Å². The van der Waals surface area contributed by atoms with Crippen LogP contribution in [-0.4, -0.2) is 69.3 Å². The second-order valence-electron chi connectivity index (χ2n) is 17.1. The molecule has 4 N–H and O–H groups in total. The number of carbonyl (C=O) groups is 4. The molecule has 55 heavy (non-hydrogen) atoms. The summed E-state index contributed by atoms with van der Waals surface area (Å²) in [5.74, 6) is -0.611. The first-order chi connectivity index (χ1) is 26.1. The van der Waals surface area contributed by atoms with Crippen molar-refractivity contribution >= 4 is 34.8 Å². The minimum atomic E-state index is -0.832. The van der Waals surface area contributed by atoms with Crippen LogP contribution in [0.3, 0.4) is 0 Å². The lowest BCUT2D eigenvalue weighted by molar-refractivity contribution is -0.143. The fourth-order valence-corrected chi connectivity index (χ4v) is 8.36. The van der Waals surface area contributed by atoms with E-state index in [0.717, 1.165) is 52.9 Å². The molecule has 0 radical (unpaired) electrons. The molecule has 1 aromatic heterocycles. The highest BCUT2D eigenvalue weighted by molar-refractivity contribution is 7.13. The van der Waals surface area contributed by atoms with Gasteiger partial charge in [-0.15, -0.1) is 11.3 Å². The SMILES string of the molecule is Cc1ncsc1-c1ccc(C2(CC(=O)[C@@H]3C[C@@H](O)CN3C(=O)[C@@H](NC(=O)CCCCc3ccc(CO[C@H](C)[C@@H](C)CCC(N)=O)cc3)C(C)(C)C)CC2)cc1. The number of likely N-dealkylation sites (tertiary alicyclic amines) is 1. The molecule has 2 fully saturated rings. The van der Waals surface area contributed by atoms with Gasteiger partial charge in [0, 0.05) is 37.6 Å². The molecule has 2 heterocycles. The Morgan fingerprint density at radius 3 is 2.29 bits per heavy atom. The van der Waals surface area contributed by atoms with E-state index in [1.165, 1.54) is 10.5 Å². The van der Waals surface area contributed by atoms with Crippen LogP contribution in [-0.2, 0) is 42.4 Å². The summed E-state index contributed by atoms with van der Waals surface area (Å²) in [6.45, 7) is 12.4. The largest absolute Gasteiger partial charge is 0.391 e. The van der Waals surface area contributed by atoms with Crippen LogP contribution in [0.1, 0.15) is 115 Å². The summed E-state index contributed by atoms with van der Waals surface area (Å²) in [4.78, 5) is 59.4. The number of aryl methyl sites for hydroxylation is 2. The van der Waals surface area contributed by atoms with Gasteiger partial charge in [-0.1, -0.05) is 76.2 Å². The fraction of sp³-hybridized carbons (Fsp3) is 0.568. The third-order valence-corrected chi connectivity index (χ3v) is 12.5. The first-order valence-corrected chi connectivity index (χ1v) is 20.7. The topological polar surface area (TPSA) is 152 Å². The molecule has 2 aromatic carbocycles. The van der Waals surface area contributed by atoms with Gasteiger partial charge in [-0.3, -0.25) is 19.2 Å². The quantitative estimate of drug-likeness (QED) is 0.113. The molecule has 1 aliphatic heterocycles. The number of nitrogens with zero attached hydrogens (tertiary/aromatic N) is 2. The van der Waals surface area contributed by atoms with Crippen molar-refractivity contribution in [1.29, 1.82) is 0 Å². The zero-order valence-corrected chi connectivity index (χ0v) is 34.3. The van der Waals surface area contributed by atoms with Crippen LogP contribution in [0.2, 0.25) is 0 Å². The summed E-state index contributed by atoms with van der Waals surface area (Å²) < 4.78 is 6.01. The number of aliphatic hydroxyl groups excluding tert-OH is 1. The number of aromatic nitrogens is 1. The van der Waals surface area contributed by atoms with Crippen molar-refractivity contribution in [2.24, 2.45) is 17.1 Å². The number of primary amides is 1. The number of ketones is 1. The van der Waals surface area contributed by atoms with E-state index in [4.69, 9.17) is 10.5 Å². The van der Waals surface area contributed by atoms with Crippen molar-refractivity contribution in [1.82, 2.24) is 15.2 Å². The van der Waals surface area contributed by atoms with E-state index >= 15 is 0 Å². The van der Waals surface area contributed by atoms with Crippen molar-refractivity contribution in [2.75, 3.05) is 6.54 Å². The lowest BCUT2D eigenvalue weighted by Gasteiger charge is -2.35. The Morgan fingerprint density at radius 2 is 1.69 bits per heavy atom. The fourth-order valence-electron chi connectivity index (χ4n) is 7.55. The number of aliphatic hydroxyl groups is 1. The first kappa shape index (κ1) is 42.2. The Bertz CT molecular complexity index is 1780. The average Bonchev–Trinajstić information content (AvgIpc) is 3.61. The molecule has 1 saturated carbocycles. The predicted octanol–water partition coefficient (Wildman–Crippen LogP) is 6.82. The molecule has 1 aliphatic carbocycles. The number of carbonyl (C=O) groups excluding carboxylic acids is 4. The van der Waals surface area contributed by atoms with E-state index in [9.17, 15) is 24.3 Å². The number of hydrogen-bond donors (Lipinski definition) is 3. The van der Waals surface area contributed by atoms with Crippen LogP contribution >= 0.6 is 11.3 Å². The van der Waals surface area contributed by atoms with Gasteiger partial charge in [0.25, 0.3) is 0 Å². The summed E-state index contributed by atoms with van der Waals surface area (Å²) in [7, 11) is 0. The lowest BCUT2D eigenvalue weighted by atomic mass is 9.84. The van der Waals surface area contributed by atoms with Crippen LogP contribution in [0.5, 0.6) is 0 Å². The summed E-state index contributed by atoms with van der Waals surface area (Å²) in [6, 6.07) is 15.2. The van der Waals surface area contributed by atoms with Crippen molar-refractivity contribution in [2.45, 2.75) is 142 Å². The molecule has 3 aromatic rings. The Labute approximate surface area is 330 Å². The number of hydrogen-bond acceptors (Lipinski definition) is 8. The number of benzene rings is 2. The van der Waals surface area contributed by atoms with Crippen LogP contribution in [0.25, 0.3) is 10.4 Å². The molecule has 298 valence electrons. The highest BCUT2D eigenvalue weighted by Crippen LogP contribution is 2.52. The zero-order valence-electron chi connectivity index (χ0n) is 33.4. The van der Waals surface area contributed by atoms with E-state index < -0.39 is 23.6 Å². The van der Waals surface area contributed by atoms with Crippen LogP contribution in [0.15, 0.2) is 54.0 Å². The summed E-state index contributed by atoms with van der Waals surface area (Å²) in [6.07, 6.45) is 5.21. The van der Waals surface area contributed by atoms with Crippen LogP contribution in [0, 0.1) is 18.3 Å². The van der Waals surface area contributed by atoms with E-state index in [1.807, 2.05) is 40.1 Å². The highest BCUT2D eigenvalue weighted by atomic mass is 32.1. The number of amides is 3. The second kappa shape index (κ2) is 18.3. The first-order valence-electron chi connectivity index (χ1n) is 19.9. The molecular formula is C44H60N4O6S. The maximum atomic E-state index is 14.1. The van der Waals surface area contributed by atoms with Gasteiger partial charge >= 0.3 is 0 Å². The number of nitrogens with one attached hydrogen (secondary N) is 1. The van der Waals surface area contributed by atoms with Crippen molar-refractivity contribution in [3.8, 4) is 10.4 Å². The van der Waals surface area contributed by atoms with Crippen molar-refractivity contribution in [3.05, 3.63) is 76.4 Å². The number of thiazole rings is 1. The third-order valence-electron chi connectivity index (χ3n) is 11.5. The normalized spacial score (nSPS) is 19.4. The molecule has 10 nitrogen and oxygen atoms in total. The summed E-state index contributed by atoms with van der Waals surface area (Å²) in [5.41, 5.74) is 11.8. The van der Waals surface area contributed by atoms with E-state index in [2.05, 4.69) is 65.8 Å². The molecule has 0 bridgehead atoms. The molecule has 0 unspecified atom stereocenters. The average molecular weight is 773 g/mol. The molecule has 5 rings (SSSR count). The zero-order chi connectivity index (χ0) is 39.9. The smallest absolute Gasteiger partial charge is 0.246 e. The Hall–Kier alpha value is -3.93. The standard InChI is InChI=1S/C44H60N4O6S/c1-28(11-20-38(45)51)30(3)54-26-32-14-12-31(13-15-32)9-7-8-10-39(52)47-41(43(4,5)6)42(53)48-25-35(49)23-36(48)37(50)24-44(21-22-44)34-18-16-33(17-19-34)40-29(2)46-27-55-40/h12-19,27-28,30,35-36,41,49H,7-11,20-26H2,1-6H3,(H2,45,51)(H,47,52)/t28-,30+,35+,36-,41+/m0/s1. The van der Waals surface area contributed by atoms with Gasteiger partial charge in [0.2, 0.25) is 17.7 Å². The molecule has 5 atom stereocenters. The number of β-amino-alcohol motifs (C(OH)–C–C–N with tert-alkyl or cyclic N) is 1. The summed E-state index contributed by atoms with van der Waals surface area (Å²) in [5, 5.41) is 13.7. The van der Waals surface area contributed by atoms with Gasteiger partial charge in [0.1, 0.15) is 6.04 Å². The van der Waals surface area contributed by atoms with Gasteiger partial charge in [-0.25, -0.2) is 4.98 Å². The van der Waals surface area contributed by atoms with Crippen molar-refractivity contribution < 1.29 is 29.0 Å². The van der Waals surface area contributed by atoms with E-state index in [1.54, 1.807) is 11.3 Å². The molecule has 2 aliphatic rings. The third kappa shape index (κ3) is 11.3. The van der Waals surface area contributed by atoms with Crippen LogP contribution < -0.4 is 11.1 Å². The maximum absolute atomic E-state index is 14.1. The number of Topliss-reactive ketones (excluding diaryl/α,β-unsaturated/α-hetero) is 1. The van der Waals surface area contributed by atoms with Gasteiger partial charge in [0.05, 0.1) is 40.9 Å². The molecule has 3 amide bonds. The van der Waals surface area contributed by atoms with Crippen molar-refractivity contribution in [3.63, 3.8) is 0 Å². The van der Waals surface area contributed by atoms with E-state index in [-0.39, 0.29) is 60.3 Å². The molecule has 0 spiro atoms. The number of unbranched alkanes of at least 4 members (excludes halogenated alkanes) is 1. The maximum Gasteiger partial charge on any atom is 0.246 e. The minimum absolute atomic E-state index is 0.0123. The minimum Gasteiger partial charge on any atom is -0.391 e. The molecule has 11 heteroatoms.